The van der Waals surface area contributed by atoms with Gasteiger partial charge >= 0.3 is 0 Å². The standard InChI is InChI=1S/C12H16FN3/c1-12(2,3)10(14)11-15-8-5-4-7(13)6-9(8)16-11/h4-6,10H,14H2,1-3H3,(H,15,16)/t10-/m1/s1. The van der Waals surface area contributed by atoms with Gasteiger partial charge in [0.15, 0.2) is 0 Å². The molecule has 0 spiro atoms. The molecule has 16 heavy (non-hydrogen) atoms. The number of halogens is 1. The minimum Gasteiger partial charge on any atom is -0.341 e. The Bertz CT molecular complexity index is 510. The maximum atomic E-state index is 13.0. The van der Waals surface area contributed by atoms with Crippen LogP contribution in [0.1, 0.15) is 32.6 Å². The number of H-pyrrole nitrogens is 1. The summed E-state index contributed by atoms with van der Waals surface area (Å²) >= 11 is 0. The fourth-order valence-electron chi connectivity index (χ4n) is 1.56. The van der Waals surface area contributed by atoms with E-state index in [1.165, 1.54) is 12.1 Å². The van der Waals surface area contributed by atoms with Crippen LogP contribution in [0.15, 0.2) is 18.2 Å². The third kappa shape index (κ3) is 1.93. The Hall–Kier alpha value is -1.42. The number of aromatic amines is 1. The summed E-state index contributed by atoms with van der Waals surface area (Å²) in [7, 11) is 0. The summed E-state index contributed by atoms with van der Waals surface area (Å²) in [6, 6.07) is 4.29. The molecule has 2 rings (SSSR count). The molecule has 0 aliphatic rings. The second kappa shape index (κ2) is 3.56. The number of hydrogen-bond donors (Lipinski definition) is 2. The van der Waals surface area contributed by atoms with E-state index in [-0.39, 0.29) is 17.3 Å². The summed E-state index contributed by atoms with van der Waals surface area (Å²) in [5.74, 6) is 0.431. The third-order valence-corrected chi connectivity index (χ3v) is 2.69. The summed E-state index contributed by atoms with van der Waals surface area (Å²) in [5.41, 5.74) is 7.45. The van der Waals surface area contributed by atoms with Crippen molar-refractivity contribution in [2.45, 2.75) is 26.8 Å². The average Bonchev–Trinajstić information content (AvgIpc) is 2.57. The van der Waals surface area contributed by atoms with Gasteiger partial charge < -0.3 is 10.7 Å². The summed E-state index contributed by atoms with van der Waals surface area (Å²) in [6.45, 7) is 6.14. The molecule has 2 aromatic rings. The Morgan fingerprint density at radius 3 is 2.69 bits per heavy atom. The Morgan fingerprint density at radius 2 is 2.06 bits per heavy atom. The fraction of sp³-hybridized carbons (Fsp3) is 0.417. The van der Waals surface area contributed by atoms with Gasteiger partial charge in [-0.3, -0.25) is 0 Å². The number of nitrogens with one attached hydrogen (secondary N) is 1. The average molecular weight is 221 g/mol. The van der Waals surface area contributed by atoms with Crippen LogP contribution in [-0.2, 0) is 0 Å². The molecule has 3 N–H and O–H groups in total. The molecule has 0 bridgehead atoms. The van der Waals surface area contributed by atoms with Crippen molar-refractivity contribution < 1.29 is 4.39 Å². The molecular formula is C12H16FN3. The summed E-state index contributed by atoms with van der Waals surface area (Å²) in [6.07, 6.45) is 0. The van der Waals surface area contributed by atoms with Crippen LogP contribution >= 0.6 is 0 Å². The lowest BCUT2D eigenvalue weighted by atomic mass is 9.87. The van der Waals surface area contributed by atoms with Crippen LogP contribution in [0.5, 0.6) is 0 Å². The number of nitrogens with zero attached hydrogens (tertiary/aromatic N) is 1. The van der Waals surface area contributed by atoms with Gasteiger partial charge in [0, 0.05) is 0 Å². The molecule has 0 aliphatic heterocycles. The van der Waals surface area contributed by atoms with Crippen LogP contribution in [0.4, 0.5) is 4.39 Å². The van der Waals surface area contributed by atoms with Gasteiger partial charge in [0.05, 0.1) is 17.1 Å². The number of hydrogen-bond acceptors (Lipinski definition) is 2. The van der Waals surface area contributed by atoms with Gasteiger partial charge in [-0.15, -0.1) is 0 Å². The second-order valence-electron chi connectivity index (χ2n) is 5.13. The number of rotatable bonds is 1. The molecule has 1 heterocycles. The zero-order chi connectivity index (χ0) is 11.9. The third-order valence-electron chi connectivity index (χ3n) is 2.69. The molecule has 0 amide bonds. The minimum atomic E-state index is -0.271. The second-order valence-corrected chi connectivity index (χ2v) is 5.13. The first kappa shape index (κ1) is 11.1. The highest BCUT2D eigenvalue weighted by atomic mass is 19.1. The van der Waals surface area contributed by atoms with Crippen molar-refractivity contribution >= 4 is 11.0 Å². The van der Waals surface area contributed by atoms with Crippen molar-refractivity contribution in [1.29, 1.82) is 0 Å². The van der Waals surface area contributed by atoms with Crippen molar-refractivity contribution in [3.05, 3.63) is 29.8 Å². The number of nitrogens with two attached hydrogens (primary N) is 1. The van der Waals surface area contributed by atoms with E-state index in [0.717, 1.165) is 5.52 Å². The molecule has 0 radical (unpaired) electrons. The smallest absolute Gasteiger partial charge is 0.125 e. The lowest BCUT2D eigenvalue weighted by Gasteiger charge is -2.24. The van der Waals surface area contributed by atoms with Gasteiger partial charge in [-0.2, -0.15) is 0 Å². The van der Waals surface area contributed by atoms with E-state index in [0.29, 0.717) is 11.3 Å². The predicted octanol–water partition coefficient (Wildman–Crippen LogP) is 2.75. The van der Waals surface area contributed by atoms with Crippen molar-refractivity contribution in [2.75, 3.05) is 0 Å². The normalized spacial score (nSPS) is 14.3. The predicted molar refractivity (Wildman–Crippen MR) is 62.4 cm³/mol. The molecule has 4 heteroatoms. The fourth-order valence-corrected chi connectivity index (χ4v) is 1.56. The first-order valence-corrected chi connectivity index (χ1v) is 5.28. The van der Waals surface area contributed by atoms with E-state index in [1.54, 1.807) is 6.07 Å². The Balaban J connectivity index is 2.47. The summed E-state index contributed by atoms with van der Waals surface area (Å²) < 4.78 is 13.0. The van der Waals surface area contributed by atoms with Gasteiger partial charge in [0.2, 0.25) is 0 Å². The van der Waals surface area contributed by atoms with Gasteiger partial charge in [-0.05, 0) is 23.6 Å². The zero-order valence-corrected chi connectivity index (χ0v) is 9.71. The Kier molecular flexibility index (Phi) is 2.46. The van der Waals surface area contributed by atoms with E-state index < -0.39 is 0 Å². The molecule has 3 nitrogen and oxygen atoms in total. The first-order valence-electron chi connectivity index (χ1n) is 5.28. The van der Waals surface area contributed by atoms with Crippen molar-refractivity contribution in [3.8, 4) is 0 Å². The largest absolute Gasteiger partial charge is 0.341 e. The molecular weight excluding hydrogens is 205 g/mol. The molecule has 0 saturated carbocycles. The minimum absolute atomic E-state index is 0.0770. The maximum absolute atomic E-state index is 13.0. The zero-order valence-electron chi connectivity index (χ0n) is 9.71. The van der Waals surface area contributed by atoms with Crippen LogP contribution in [0.2, 0.25) is 0 Å². The number of fused-ring (bicyclic) bond motifs is 1. The molecule has 86 valence electrons. The Morgan fingerprint density at radius 1 is 1.38 bits per heavy atom. The Labute approximate surface area is 93.9 Å². The van der Waals surface area contributed by atoms with Crippen LogP contribution in [0.25, 0.3) is 11.0 Å². The van der Waals surface area contributed by atoms with Gasteiger partial charge in [-0.25, -0.2) is 9.37 Å². The molecule has 0 unspecified atom stereocenters. The molecule has 0 fully saturated rings. The summed E-state index contributed by atoms with van der Waals surface area (Å²) in [5, 5.41) is 0. The van der Waals surface area contributed by atoms with Crippen molar-refractivity contribution in [3.63, 3.8) is 0 Å². The number of benzene rings is 1. The van der Waals surface area contributed by atoms with Crippen molar-refractivity contribution in [2.24, 2.45) is 11.1 Å². The van der Waals surface area contributed by atoms with E-state index in [2.05, 4.69) is 9.97 Å². The highest BCUT2D eigenvalue weighted by Crippen LogP contribution is 2.29. The molecule has 0 aliphatic carbocycles. The van der Waals surface area contributed by atoms with E-state index >= 15 is 0 Å². The van der Waals surface area contributed by atoms with Gasteiger partial charge in [0.25, 0.3) is 0 Å². The van der Waals surface area contributed by atoms with Gasteiger partial charge in [-0.1, -0.05) is 20.8 Å². The van der Waals surface area contributed by atoms with Crippen LogP contribution in [0, 0.1) is 11.2 Å². The molecule has 1 aromatic carbocycles. The lowest BCUT2D eigenvalue weighted by Crippen LogP contribution is -2.27. The molecule has 0 saturated heterocycles. The van der Waals surface area contributed by atoms with E-state index in [4.69, 9.17) is 5.73 Å². The maximum Gasteiger partial charge on any atom is 0.125 e. The summed E-state index contributed by atoms with van der Waals surface area (Å²) in [4.78, 5) is 7.44. The topological polar surface area (TPSA) is 54.7 Å². The van der Waals surface area contributed by atoms with Crippen LogP contribution in [-0.4, -0.2) is 9.97 Å². The number of aromatic nitrogens is 2. The molecule has 1 aromatic heterocycles. The highest BCUT2D eigenvalue weighted by molar-refractivity contribution is 5.75. The lowest BCUT2D eigenvalue weighted by molar-refractivity contribution is 0.317. The van der Waals surface area contributed by atoms with E-state index in [1.807, 2.05) is 20.8 Å². The molecule has 1 atom stereocenters. The monoisotopic (exact) mass is 221 g/mol. The quantitative estimate of drug-likeness (QED) is 0.778. The first-order chi connectivity index (χ1) is 7.38. The SMILES string of the molecule is CC(C)(C)[C@H](N)c1nc2ccc(F)cc2[nH]1. The van der Waals surface area contributed by atoms with Crippen molar-refractivity contribution in [1.82, 2.24) is 9.97 Å². The van der Waals surface area contributed by atoms with Crippen LogP contribution < -0.4 is 5.73 Å². The highest BCUT2D eigenvalue weighted by Gasteiger charge is 2.25. The van der Waals surface area contributed by atoms with Crippen LogP contribution in [0.3, 0.4) is 0 Å². The van der Waals surface area contributed by atoms with E-state index in [9.17, 15) is 4.39 Å². The number of imidazole rings is 1. The van der Waals surface area contributed by atoms with Gasteiger partial charge in [0.1, 0.15) is 11.6 Å².